The van der Waals surface area contributed by atoms with Gasteiger partial charge in [-0.15, -0.1) is 11.8 Å². The summed E-state index contributed by atoms with van der Waals surface area (Å²) >= 11 is 1.62. The molecule has 1 unspecified atom stereocenters. The summed E-state index contributed by atoms with van der Waals surface area (Å²) in [5, 5.41) is 8.50. The Morgan fingerprint density at radius 3 is 2.45 bits per heavy atom. The molecule has 0 fully saturated rings. The predicted octanol–water partition coefficient (Wildman–Crippen LogP) is 2.25. The molecule has 1 aromatic rings. The summed E-state index contributed by atoms with van der Waals surface area (Å²) < 4.78 is 26.2. The number of nitrogens with one attached hydrogen (secondary N) is 1. The van der Waals surface area contributed by atoms with Gasteiger partial charge >= 0.3 is 5.97 Å². The topological polar surface area (TPSA) is 83.5 Å². The number of carboxylic acids is 1. The molecule has 20 heavy (non-hydrogen) atoms. The molecular formula is C13H19NO4S2. The van der Waals surface area contributed by atoms with Gasteiger partial charge < -0.3 is 5.11 Å². The highest BCUT2D eigenvalue weighted by Gasteiger charge is 2.16. The lowest BCUT2D eigenvalue weighted by molar-refractivity contribution is -0.137. The first-order valence-corrected chi connectivity index (χ1v) is 9.07. The number of thioether (sulfide) groups is 1. The van der Waals surface area contributed by atoms with E-state index in [0.717, 1.165) is 10.5 Å². The second kappa shape index (κ2) is 7.66. The van der Waals surface area contributed by atoms with E-state index in [1.165, 1.54) is 0 Å². The number of benzene rings is 1. The van der Waals surface area contributed by atoms with Gasteiger partial charge in [-0.05, 0) is 37.3 Å². The zero-order valence-corrected chi connectivity index (χ0v) is 13.1. The van der Waals surface area contributed by atoms with Crippen molar-refractivity contribution in [3.63, 3.8) is 0 Å². The summed E-state index contributed by atoms with van der Waals surface area (Å²) in [7, 11) is -3.46. The fraction of sp³-hybridized carbons (Fsp3) is 0.462. The molecule has 1 rings (SSSR count). The Hall–Kier alpha value is -1.05. The molecule has 1 atom stereocenters. The van der Waals surface area contributed by atoms with E-state index in [1.54, 1.807) is 18.7 Å². The van der Waals surface area contributed by atoms with Gasteiger partial charge in [-0.2, -0.15) is 0 Å². The first-order valence-electron chi connectivity index (χ1n) is 6.20. The Morgan fingerprint density at radius 2 is 1.95 bits per heavy atom. The molecule has 0 radical (unpaired) electrons. The molecule has 0 heterocycles. The van der Waals surface area contributed by atoms with E-state index in [1.807, 2.05) is 30.5 Å². The van der Waals surface area contributed by atoms with Gasteiger partial charge in [0.05, 0.1) is 5.75 Å². The third-order valence-corrected chi connectivity index (χ3v) is 5.06. The summed E-state index contributed by atoms with van der Waals surface area (Å²) in [6.45, 7) is 1.77. The average molecular weight is 317 g/mol. The fourth-order valence-corrected chi connectivity index (χ4v) is 3.43. The molecule has 0 aliphatic rings. The average Bonchev–Trinajstić information content (AvgIpc) is 2.37. The number of carboxylic acid groups (broad SMARTS) is 1. The molecule has 112 valence electrons. The fourth-order valence-electron chi connectivity index (χ4n) is 1.70. The van der Waals surface area contributed by atoms with Crippen molar-refractivity contribution in [1.29, 1.82) is 0 Å². The van der Waals surface area contributed by atoms with Crippen LogP contribution in [0.5, 0.6) is 0 Å². The van der Waals surface area contributed by atoms with Crippen molar-refractivity contribution in [2.75, 3.05) is 12.0 Å². The van der Waals surface area contributed by atoms with E-state index in [2.05, 4.69) is 4.72 Å². The van der Waals surface area contributed by atoms with Gasteiger partial charge in [0.2, 0.25) is 10.0 Å². The SMILES string of the molecule is CSc1ccc(C(C)NS(=O)(=O)CCCC(=O)O)cc1. The Bertz CT molecular complexity index is 540. The summed E-state index contributed by atoms with van der Waals surface area (Å²) in [4.78, 5) is 11.5. The number of hydrogen-bond acceptors (Lipinski definition) is 4. The van der Waals surface area contributed by atoms with Gasteiger partial charge in [0.1, 0.15) is 0 Å². The summed E-state index contributed by atoms with van der Waals surface area (Å²) in [5.41, 5.74) is 0.879. The molecule has 0 spiro atoms. The van der Waals surface area contributed by atoms with Crippen molar-refractivity contribution in [3.05, 3.63) is 29.8 Å². The van der Waals surface area contributed by atoms with Gasteiger partial charge in [0.25, 0.3) is 0 Å². The van der Waals surface area contributed by atoms with Crippen LogP contribution < -0.4 is 4.72 Å². The maximum atomic E-state index is 11.8. The number of aliphatic carboxylic acids is 1. The van der Waals surface area contributed by atoms with Gasteiger partial charge in [-0.1, -0.05) is 12.1 Å². The second-order valence-corrected chi connectivity index (χ2v) is 7.18. The maximum absolute atomic E-state index is 11.8. The van der Waals surface area contributed by atoms with E-state index < -0.39 is 16.0 Å². The highest BCUT2D eigenvalue weighted by atomic mass is 32.2. The largest absolute Gasteiger partial charge is 0.481 e. The highest BCUT2D eigenvalue weighted by molar-refractivity contribution is 7.98. The molecule has 1 aromatic carbocycles. The van der Waals surface area contributed by atoms with Crippen LogP contribution in [0.1, 0.15) is 31.4 Å². The second-order valence-electron chi connectivity index (χ2n) is 4.43. The molecule has 0 amide bonds. The van der Waals surface area contributed by atoms with Crippen molar-refractivity contribution in [2.45, 2.75) is 30.7 Å². The molecule has 0 aliphatic heterocycles. The van der Waals surface area contributed by atoms with Crippen molar-refractivity contribution in [2.24, 2.45) is 0 Å². The minimum Gasteiger partial charge on any atom is -0.481 e. The molecule has 2 N–H and O–H groups in total. The molecule has 0 aromatic heterocycles. The van der Waals surface area contributed by atoms with Gasteiger partial charge in [-0.25, -0.2) is 13.1 Å². The van der Waals surface area contributed by atoms with Crippen LogP contribution in [0.2, 0.25) is 0 Å². The number of rotatable bonds is 8. The van der Waals surface area contributed by atoms with E-state index in [9.17, 15) is 13.2 Å². The highest BCUT2D eigenvalue weighted by Crippen LogP contribution is 2.19. The molecule has 5 nitrogen and oxygen atoms in total. The Morgan fingerprint density at radius 1 is 1.35 bits per heavy atom. The standard InChI is InChI=1S/C13H19NO4S2/c1-10(11-5-7-12(19-2)8-6-11)14-20(17,18)9-3-4-13(15)16/h5-8,10,14H,3-4,9H2,1-2H3,(H,15,16). The summed E-state index contributed by atoms with van der Waals surface area (Å²) in [6.07, 6.45) is 1.95. The van der Waals surface area contributed by atoms with Crippen LogP contribution in [0.3, 0.4) is 0 Å². The van der Waals surface area contributed by atoms with E-state index in [4.69, 9.17) is 5.11 Å². The van der Waals surface area contributed by atoms with Crippen LogP contribution in [0.25, 0.3) is 0 Å². The monoisotopic (exact) mass is 317 g/mol. The Balaban J connectivity index is 2.58. The smallest absolute Gasteiger partial charge is 0.303 e. The van der Waals surface area contributed by atoms with E-state index >= 15 is 0 Å². The minimum absolute atomic E-state index is 0.114. The zero-order valence-electron chi connectivity index (χ0n) is 11.5. The lowest BCUT2D eigenvalue weighted by Gasteiger charge is -2.14. The van der Waals surface area contributed by atoms with Crippen molar-refractivity contribution < 1.29 is 18.3 Å². The summed E-state index contributed by atoms with van der Waals surface area (Å²) in [5.74, 6) is -1.16. The first kappa shape index (κ1) is 17.0. The van der Waals surface area contributed by atoms with Crippen LogP contribution in [-0.4, -0.2) is 31.5 Å². The molecule has 0 saturated heterocycles. The van der Waals surface area contributed by atoms with Crippen LogP contribution in [-0.2, 0) is 14.8 Å². The Labute approximate surface area is 123 Å². The number of carbonyl (C=O) groups is 1. The zero-order chi connectivity index (χ0) is 15.2. The lowest BCUT2D eigenvalue weighted by Crippen LogP contribution is -2.29. The van der Waals surface area contributed by atoms with E-state index in [0.29, 0.717) is 0 Å². The Kier molecular flexibility index (Phi) is 6.51. The predicted molar refractivity (Wildman–Crippen MR) is 80.4 cm³/mol. The molecule has 0 aliphatic carbocycles. The molecule has 0 saturated carbocycles. The quantitative estimate of drug-likeness (QED) is 0.719. The van der Waals surface area contributed by atoms with Crippen LogP contribution in [0.4, 0.5) is 0 Å². The van der Waals surface area contributed by atoms with E-state index in [-0.39, 0.29) is 24.6 Å². The maximum Gasteiger partial charge on any atom is 0.303 e. The normalized spacial score (nSPS) is 13.1. The summed E-state index contributed by atoms with van der Waals surface area (Å²) in [6, 6.07) is 7.32. The lowest BCUT2D eigenvalue weighted by atomic mass is 10.1. The van der Waals surface area contributed by atoms with Gasteiger partial charge in [0.15, 0.2) is 0 Å². The molecular weight excluding hydrogens is 298 g/mol. The molecule has 7 heteroatoms. The third kappa shape index (κ3) is 5.94. The van der Waals surface area contributed by atoms with Crippen LogP contribution in [0.15, 0.2) is 29.2 Å². The van der Waals surface area contributed by atoms with Gasteiger partial charge in [-0.3, -0.25) is 4.79 Å². The molecule has 0 bridgehead atoms. The van der Waals surface area contributed by atoms with Gasteiger partial charge in [0, 0.05) is 17.4 Å². The number of sulfonamides is 1. The van der Waals surface area contributed by atoms with Crippen molar-refractivity contribution in [1.82, 2.24) is 4.72 Å². The number of hydrogen-bond donors (Lipinski definition) is 2. The van der Waals surface area contributed by atoms with Crippen LogP contribution in [0, 0.1) is 0 Å². The third-order valence-electron chi connectivity index (χ3n) is 2.78. The van der Waals surface area contributed by atoms with Crippen LogP contribution >= 0.6 is 11.8 Å². The minimum atomic E-state index is -3.46. The first-order chi connectivity index (χ1) is 9.34. The van der Waals surface area contributed by atoms with Crippen molar-refractivity contribution >= 4 is 27.8 Å². The van der Waals surface area contributed by atoms with Crippen molar-refractivity contribution in [3.8, 4) is 0 Å².